The zero-order valence-electron chi connectivity index (χ0n) is 42.6. The van der Waals surface area contributed by atoms with Gasteiger partial charge in [0.05, 0.1) is 39.6 Å². The van der Waals surface area contributed by atoms with Crippen LogP contribution in [0.5, 0.6) is 0 Å². The molecule has 2 saturated heterocycles. The predicted molar refractivity (Wildman–Crippen MR) is 279 cm³/mol. The number of aromatic nitrogens is 5. The molecule has 0 unspecified atom stereocenters. The van der Waals surface area contributed by atoms with E-state index in [4.69, 9.17) is 4.98 Å². The predicted octanol–water partition coefficient (Wildman–Crippen LogP) is 6.25. The van der Waals surface area contributed by atoms with E-state index in [9.17, 15) is 33.9 Å². The minimum Gasteiger partial charge on any atom is -0.391 e. The molecule has 4 N–H and O–H groups in total. The van der Waals surface area contributed by atoms with Gasteiger partial charge in [-0.25, -0.2) is 15.0 Å². The van der Waals surface area contributed by atoms with Gasteiger partial charge in [0.25, 0.3) is 5.56 Å². The fourth-order valence-corrected chi connectivity index (χ4v) is 12.0. The second-order valence-electron chi connectivity index (χ2n) is 21.4. The molecule has 18 nitrogen and oxygen atoms in total. The van der Waals surface area contributed by atoms with Gasteiger partial charge in [-0.15, -0.1) is 11.3 Å². The van der Waals surface area contributed by atoms with Gasteiger partial charge in [0.1, 0.15) is 23.5 Å². The Morgan fingerprint density at radius 1 is 0.849 bits per heavy atom. The summed E-state index contributed by atoms with van der Waals surface area (Å²) >= 11 is 1.57. The lowest BCUT2D eigenvalue weighted by Gasteiger charge is -2.39. The van der Waals surface area contributed by atoms with Crippen LogP contribution in [0, 0.1) is 31.1 Å². The largest absolute Gasteiger partial charge is 0.391 e. The maximum Gasteiger partial charge on any atom is 0.263 e. The Morgan fingerprint density at radius 2 is 1.55 bits per heavy atom. The van der Waals surface area contributed by atoms with Crippen LogP contribution in [0.4, 0.5) is 17.5 Å². The SMILES string of the molecule is CC(=O)c1c(C)c2cnc(Nc3ccc(N4CCN(C(=O)C5CCC(C(=O)N[C@H](C(=O)N6C[C@H](O)C[C@H]6C(=O)NCc6ccc(-c7scnc7C)cc6)C(C)(C)C)CC5)CC4)cn3)nc2n(C2CCCC2)c1=O. The van der Waals surface area contributed by atoms with E-state index >= 15 is 0 Å². The molecular formula is C54H67N11O7S. The standard InChI is InChI=1S/C54H67N11O7S/c1-31-41-28-57-53(61-47(41)65(38-9-7-8-10-38)51(71)44(31)33(3)66)59-43-20-19-39(27-55-43)62-21-23-63(24-22-62)50(70)37-17-15-36(16-18-37)48(68)60-46(54(4,5)6)52(72)64-29-40(67)25-42(64)49(69)56-26-34-11-13-35(14-12-34)45-32(2)58-30-73-45/h11-14,19-20,27-28,30,36-38,40,42,46,67H,7-10,15-18,21-26,29H2,1-6H3,(H,56,69)(H,60,68)(H,55,57,59,61)/t36?,37?,40-,42+,46-/m1/s1. The van der Waals surface area contributed by atoms with Gasteiger partial charge < -0.3 is 35.8 Å². The van der Waals surface area contributed by atoms with Gasteiger partial charge >= 0.3 is 0 Å². The van der Waals surface area contributed by atoms with E-state index in [1.54, 1.807) is 35.2 Å². The van der Waals surface area contributed by atoms with Crippen molar-refractivity contribution >= 4 is 69.2 Å². The van der Waals surface area contributed by atoms with Gasteiger partial charge in [-0.1, -0.05) is 57.9 Å². The number of anilines is 3. The summed E-state index contributed by atoms with van der Waals surface area (Å²) in [4.78, 5) is 107. The number of fused-ring (bicyclic) bond motifs is 1. The molecule has 6 heterocycles. The summed E-state index contributed by atoms with van der Waals surface area (Å²) in [7, 11) is 0. The number of thiazole rings is 1. The summed E-state index contributed by atoms with van der Waals surface area (Å²) in [5.74, 6) is -0.903. The number of likely N-dealkylation sites (tertiary alicyclic amines) is 1. The summed E-state index contributed by atoms with van der Waals surface area (Å²) < 4.78 is 1.69. The van der Waals surface area contributed by atoms with Gasteiger partial charge in [0, 0.05) is 75.2 Å². The normalized spacial score (nSPS) is 21.1. The molecule has 0 spiro atoms. The van der Waals surface area contributed by atoms with Gasteiger partial charge in [-0.05, 0) is 93.5 Å². The lowest BCUT2D eigenvalue weighted by Crippen LogP contribution is -2.58. The molecule has 73 heavy (non-hydrogen) atoms. The number of Topliss-reactive ketones (excluding diaryl/α,β-unsaturated/α-hetero) is 1. The third-order valence-electron chi connectivity index (χ3n) is 15.3. The zero-order valence-corrected chi connectivity index (χ0v) is 43.5. The highest BCUT2D eigenvalue weighted by Gasteiger charge is 2.45. The minimum absolute atomic E-state index is 0.00801. The number of amides is 4. The van der Waals surface area contributed by atoms with Gasteiger partial charge in [0.15, 0.2) is 5.78 Å². The Balaban J connectivity index is 0.748. The minimum atomic E-state index is -0.934. The molecule has 4 aromatic heterocycles. The summed E-state index contributed by atoms with van der Waals surface area (Å²) in [5.41, 5.74) is 5.93. The number of β-amino-alcohol motifs (C(OH)–C–C–N with tert-alkyl or cyclic N) is 1. The number of hydrogen-bond acceptors (Lipinski definition) is 14. The number of aliphatic hydroxyl groups excluding tert-OH is 1. The van der Waals surface area contributed by atoms with E-state index in [0.29, 0.717) is 80.2 Å². The molecule has 386 valence electrons. The maximum absolute atomic E-state index is 14.3. The lowest BCUT2D eigenvalue weighted by atomic mass is 9.80. The molecule has 2 aliphatic carbocycles. The fourth-order valence-electron chi connectivity index (χ4n) is 11.2. The second kappa shape index (κ2) is 21.5. The van der Waals surface area contributed by atoms with Crippen LogP contribution >= 0.6 is 11.3 Å². The summed E-state index contributed by atoms with van der Waals surface area (Å²) in [6, 6.07) is 9.87. The number of nitrogens with one attached hydrogen (secondary N) is 3. The first-order valence-electron chi connectivity index (χ1n) is 25.7. The number of carbonyl (C=O) groups is 5. The van der Waals surface area contributed by atoms with Crippen molar-refractivity contribution in [1.29, 1.82) is 0 Å². The molecule has 1 aromatic carbocycles. The first kappa shape index (κ1) is 51.3. The Labute approximate surface area is 429 Å². The van der Waals surface area contributed by atoms with E-state index in [1.165, 1.54) is 11.8 Å². The van der Waals surface area contributed by atoms with Crippen molar-refractivity contribution in [1.82, 2.24) is 44.9 Å². The van der Waals surface area contributed by atoms with Crippen molar-refractivity contribution in [3.63, 3.8) is 0 Å². The third-order valence-corrected chi connectivity index (χ3v) is 16.3. The number of piperazine rings is 1. The van der Waals surface area contributed by atoms with Crippen molar-refractivity contribution in [3.05, 3.63) is 87.0 Å². The number of aryl methyl sites for hydroxylation is 2. The van der Waals surface area contributed by atoms with Crippen molar-refractivity contribution in [3.8, 4) is 10.4 Å². The van der Waals surface area contributed by atoms with E-state index < -0.39 is 29.5 Å². The number of pyridine rings is 2. The average molecular weight is 1010 g/mol. The lowest BCUT2D eigenvalue weighted by molar-refractivity contribution is -0.145. The number of aliphatic hydroxyl groups is 1. The molecule has 3 atom stereocenters. The van der Waals surface area contributed by atoms with E-state index in [0.717, 1.165) is 53.1 Å². The van der Waals surface area contributed by atoms with Crippen LogP contribution in [0.2, 0.25) is 0 Å². The van der Waals surface area contributed by atoms with E-state index in [1.807, 2.05) is 74.5 Å². The van der Waals surface area contributed by atoms with Crippen LogP contribution in [0.15, 0.2) is 59.1 Å². The zero-order chi connectivity index (χ0) is 51.7. The van der Waals surface area contributed by atoms with Crippen molar-refractivity contribution in [2.24, 2.45) is 17.3 Å². The molecule has 4 aliphatic rings. The van der Waals surface area contributed by atoms with E-state index in [-0.39, 0.29) is 72.0 Å². The Hall–Kier alpha value is -6.60. The van der Waals surface area contributed by atoms with Gasteiger partial charge in [-0.2, -0.15) is 4.98 Å². The number of hydrogen-bond donors (Lipinski definition) is 4. The van der Waals surface area contributed by atoms with Crippen LogP contribution in [0.1, 0.15) is 119 Å². The van der Waals surface area contributed by atoms with Crippen LogP contribution < -0.4 is 26.4 Å². The highest BCUT2D eigenvalue weighted by Crippen LogP contribution is 2.35. The maximum atomic E-state index is 14.3. The van der Waals surface area contributed by atoms with Crippen molar-refractivity contribution < 1.29 is 29.1 Å². The molecule has 19 heteroatoms. The van der Waals surface area contributed by atoms with Crippen molar-refractivity contribution in [2.45, 2.75) is 130 Å². The van der Waals surface area contributed by atoms with Crippen molar-refractivity contribution in [2.75, 3.05) is 42.9 Å². The molecule has 4 fully saturated rings. The topological polar surface area (TPSA) is 225 Å². The number of carbonyl (C=O) groups excluding carboxylic acids is 5. The van der Waals surface area contributed by atoms with Crippen LogP contribution in [0.3, 0.4) is 0 Å². The highest BCUT2D eigenvalue weighted by molar-refractivity contribution is 7.13. The highest BCUT2D eigenvalue weighted by atomic mass is 32.1. The Bertz CT molecular complexity index is 2930. The summed E-state index contributed by atoms with van der Waals surface area (Å²) in [6.45, 7) is 13.4. The van der Waals surface area contributed by atoms with Crippen LogP contribution in [0.25, 0.3) is 21.5 Å². The van der Waals surface area contributed by atoms with Gasteiger partial charge in [-0.3, -0.25) is 33.3 Å². The quantitative estimate of drug-likeness (QED) is 0.0959. The smallest absolute Gasteiger partial charge is 0.263 e. The third kappa shape index (κ3) is 11.0. The molecule has 2 aliphatic heterocycles. The molecule has 9 rings (SSSR count). The molecule has 2 saturated carbocycles. The number of rotatable bonds is 13. The number of ketones is 1. The molecule has 0 radical (unpaired) electrons. The van der Waals surface area contributed by atoms with Crippen LogP contribution in [-0.4, -0.2) is 120 Å². The first-order valence-corrected chi connectivity index (χ1v) is 26.6. The van der Waals surface area contributed by atoms with Crippen LogP contribution in [-0.2, 0) is 25.7 Å². The molecule has 0 bridgehead atoms. The molecule has 4 amide bonds. The Kier molecular flexibility index (Phi) is 15.1. The average Bonchev–Trinajstić information content (AvgIpc) is 4.17. The fraction of sp³-hybridized carbons (Fsp3) is 0.519. The summed E-state index contributed by atoms with van der Waals surface area (Å²) in [5, 5.41) is 20.6. The molecule has 5 aromatic rings. The monoisotopic (exact) mass is 1010 g/mol. The second-order valence-corrected chi connectivity index (χ2v) is 22.2. The first-order chi connectivity index (χ1) is 34.9. The number of benzene rings is 1. The molecular weight excluding hydrogens is 947 g/mol. The summed E-state index contributed by atoms with van der Waals surface area (Å²) in [6.07, 6.45) is 8.57. The Morgan fingerprint density at radius 3 is 2.18 bits per heavy atom. The van der Waals surface area contributed by atoms with Gasteiger partial charge in [0.2, 0.25) is 29.6 Å². The number of nitrogens with zero attached hydrogens (tertiary/aromatic N) is 8. The van der Waals surface area contributed by atoms with E-state index in [2.05, 4.69) is 35.8 Å².